The maximum absolute atomic E-state index is 13.0. The molecular formula is C14H11F3N4. The molecular weight excluding hydrogens is 281 g/mol. The lowest BCUT2D eigenvalue weighted by Crippen LogP contribution is -2.14. The van der Waals surface area contributed by atoms with Crippen LogP contribution in [0.3, 0.4) is 0 Å². The number of fused-ring (bicyclic) bond motifs is 1. The van der Waals surface area contributed by atoms with Gasteiger partial charge in [0.15, 0.2) is 11.3 Å². The third-order valence-corrected chi connectivity index (χ3v) is 3.14. The summed E-state index contributed by atoms with van der Waals surface area (Å²) < 4.78 is 39.8. The highest BCUT2D eigenvalue weighted by Gasteiger charge is 2.35. The lowest BCUT2D eigenvalue weighted by Gasteiger charge is -2.09. The SMILES string of the molecule is Cc1ccc(-c2cnn3c(C(F)(F)F)cc(N)nc23)cc1. The number of aromatic nitrogens is 3. The molecule has 0 fully saturated rings. The number of nitrogens with two attached hydrogens (primary N) is 1. The van der Waals surface area contributed by atoms with Crippen LogP contribution in [0.25, 0.3) is 16.8 Å². The molecule has 21 heavy (non-hydrogen) atoms. The first-order valence-corrected chi connectivity index (χ1v) is 6.15. The van der Waals surface area contributed by atoms with Crippen LogP contribution in [-0.2, 0) is 6.18 Å². The Bertz CT molecular complexity index is 803. The van der Waals surface area contributed by atoms with Crippen molar-refractivity contribution >= 4 is 11.5 Å². The fourth-order valence-electron chi connectivity index (χ4n) is 2.12. The Hall–Kier alpha value is -2.57. The normalized spacial score (nSPS) is 12.0. The van der Waals surface area contributed by atoms with Crippen molar-refractivity contribution in [3.63, 3.8) is 0 Å². The number of hydrogen-bond acceptors (Lipinski definition) is 3. The van der Waals surface area contributed by atoms with E-state index in [9.17, 15) is 13.2 Å². The summed E-state index contributed by atoms with van der Waals surface area (Å²) in [6.07, 6.45) is -3.19. The van der Waals surface area contributed by atoms with E-state index in [1.807, 2.05) is 31.2 Å². The minimum atomic E-state index is -4.55. The van der Waals surface area contributed by atoms with Crippen molar-refractivity contribution in [3.05, 3.63) is 47.8 Å². The van der Waals surface area contributed by atoms with Gasteiger partial charge in [0.2, 0.25) is 0 Å². The second-order valence-electron chi connectivity index (χ2n) is 4.72. The van der Waals surface area contributed by atoms with Gasteiger partial charge in [-0.15, -0.1) is 0 Å². The van der Waals surface area contributed by atoms with Crippen LogP contribution in [0.15, 0.2) is 36.5 Å². The van der Waals surface area contributed by atoms with Crippen LogP contribution in [0.1, 0.15) is 11.3 Å². The predicted molar refractivity (Wildman–Crippen MR) is 72.6 cm³/mol. The predicted octanol–water partition coefficient (Wildman–Crippen LogP) is 3.31. The Labute approximate surface area is 118 Å². The molecule has 3 aromatic rings. The molecule has 2 aromatic heterocycles. The number of anilines is 1. The molecule has 108 valence electrons. The van der Waals surface area contributed by atoms with Crippen LogP contribution in [0.5, 0.6) is 0 Å². The first kappa shape index (κ1) is 13.4. The van der Waals surface area contributed by atoms with E-state index in [1.54, 1.807) is 0 Å². The first-order valence-electron chi connectivity index (χ1n) is 6.15. The molecule has 0 saturated heterocycles. The maximum Gasteiger partial charge on any atom is 0.433 e. The van der Waals surface area contributed by atoms with Crippen LogP contribution in [0.4, 0.5) is 19.0 Å². The molecule has 3 rings (SSSR count). The minimum Gasteiger partial charge on any atom is -0.384 e. The van der Waals surface area contributed by atoms with E-state index >= 15 is 0 Å². The summed E-state index contributed by atoms with van der Waals surface area (Å²) in [5.41, 5.74) is 6.95. The molecule has 0 amide bonds. The van der Waals surface area contributed by atoms with Crippen LogP contribution < -0.4 is 5.73 Å². The largest absolute Gasteiger partial charge is 0.433 e. The molecule has 0 bridgehead atoms. The highest BCUT2D eigenvalue weighted by Crippen LogP contribution is 2.32. The molecule has 0 radical (unpaired) electrons. The molecule has 0 saturated carbocycles. The summed E-state index contributed by atoms with van der Waals surface area (Å²) in [7, 11) is 0. The molecule has 0 aliphatic heterocycles. The van der Waals surface area contributed by atoms with Crippen molar-refractivity contribution in [2.45, 2.75) is 13.1 Å². The maximum atomic E-state index is 13.0. The third kappa shape index (κ3) is 2.31. The van der Waals surface area contributed by atoms with Crippen LogP contribution in [0, 0.1) is 6.92 Å². The number of aryl methyl sites for hydroxylation is 1. The highest BCUT2D eigenvalue weighted by atomic mass is 19.4. The van der Waals surface area contributed by atoms with Crippen molar-refractivity contribution in [1.29, 1.82) is 0 Å². The lowest BCUT2D eigenvalue weighted by atomic mass is 10.1. The molecule has 4 nitrogen and oxygen atoms in total. The number of nitrogen functional groups attached to an aromatic ring is 1. The van der Waals surface area contributed by atoms with Crippen molar-refractivity contribution in [2.24, 2.45) is 0 Å². The highest BCUT2D eigenvalue weighted by molar-refractivity contribution is 5.78. The van der Waals surface area contributed by atoms with Gasteiger partial charge in [0.05, 0.1) is 6.20 Å². The molecule has 0 aliphatic carbocycles. The van der Waals surface area contributed by atoms with Crippen molar-refractivity contribution in [2.75, 3.05) is 5.73 Å². The van der Waals surface area contributed by atoms with Crippen LogP contribution in [0.2, 0.25) is 0 Å². The van der Waals surface area contributed by atoms with Gasteiger partial charge in [-0.05, 0) is 12.5 Å². The quantitative estimate of drug-likeness (QED) is 0.748. The zero-order chi connectivity index (χ0) is 15.2. The molecule has 7 heteroatoms. The zero-order valence-corrected chi connectivity index (χ0v) is 11.0. The molecule has 1 aromatic carbocycles. The second kappa shape index (κ2) is 4.47. The van der Waals surface area contributed by atoms with Gasteiger partial charge in [0.25, 0.3) is 0 Å². The van der Waals surface area contributed by atoms with Gasteiger partial charge in [0, 0.05) is 11.6 Å². The van der Waals surface area contributed by atoms with E-state index in [-0.39, 0.29) is 11.5 Å². The monoisotopic (exact) mass is 292 g/mol. The smallest absolute Gasteiger partial charge is 0.384 e. The first-order chi connectivity index (χ1) is 9.86. The van der Waals surface area contributed by atoms with Crippen molar-refractivity contribution < 1.29 is 13.2 Å². The Balaban J connectivity index is 2.27. The molecule has 0 atom stereocenters. The molecule has 2 heterocycles. The summed E-state index contributed by atoms with van der Waals surface area (Å²) in [4.78, 5) is 3.99. The lowest BCUT2D eigenvalue weighted by molar-refractivity contribution is -0.142. The topological polar surface area (TPSA) is 56.2 Å². The van der Waals surface area contributed by atoms with Crippen molar-refractivity contribution in [3.8, 4) is 11.1 Å². The van der Waals surface area contributed by atoms with Gasteiger partial charge in [0.1, 0.15) is 5.82 Å². The van der Waals surface area contributed by atoms with E-state index in [1.165, 1.54) is 6.20 Å². The van der Waals surface area contributed by atoms with Gasteiger partial charge in [-0.25, -0.2) is 9.50 Å². The second-order valence-corrected chi connectivity index (χ2v) is 4.72. The van der Waals surface area contributed by atoms with Crippen molar-refractivity contribution in [1.82, 2.24) is 14.6 Å². The average molecular weight is 292 g/mol. The minimum absolute atomic E-state index is 0.0891. The van der Waals surface area contributed by atoms with Crippen LogP contribution >= 0.6 is 0 Å². The number of hydrogen-bond donors (Lipinski definition) is 1. The third-order valence-electron chi connectivity index (χ3n) is 3.14. The number of halogens is 3. The number of nitrogens with zero attached hydrogens (tertiary/aromatic N) is 3. The zero-order valence-electron chi connectivity index (χ0n) is 11.0. The summed E-state index contributed by atoms with van der Waals surface area (Å²) >= 11 is 0. The summed E-state index contributed by atoms with van der Waals surface area (Å²) in [6, 6.07) is 8.14. The Morgan fingerprint density at radius 3 is 2.43 bits per heavy atom. The van der Waals surface area contributed by atoms with E-state index < -0.39 is 11.9 Å². The summed E-state index contributed by atoms with van der Waals surface area (Å²) in [5.74, 6) is -0.191. The molecule has 2 N–H and O–H groups in total. The molecule has 0 aliphatic rings. The number of benzene rings is 1. The van der Waals surface area contributed by atoms with E-state index in [2.05, 4.69) is 10.1 Å². The Kier molecular flexibility index (Phi) is 2.86. The fraction of sp³-hybridized carbons (Fsp3) is 0.143. The fourth-order valence-corrected chi connectivity index (χ4v) is 2.12. The standard InChI is InChI=1S/C14H11F3N4/c1-8-2-4-9(5-3-8)10-7-19-21-11(14(15,16)17)6-12(18)20-13(10)21/h2-7H,1H3,(H2,18,20). The number of rotatable bonds is 1. The Morgan fingerprint density at radius 2 is 1.81 bits per heavy atom. The van der Waals surface area contributed by atoms with Gasteiger partial charge >= 0.3 is 6.18 Å². The summed E-state index contributed by atoms with van der Waals surface area (Å²) in [5, 5.41) is 3.80. The van der Waals surface area contributed by atoms with E-state index in [0.29, 0.717) is 5.56 Å². The van der Waals surface area contributed by atoms with Gasteiger partial charge in [-0.3, -0.25) is 0 Å². The number of alkyl halides is 3. The molecule has 0 unspecified atom stereocenters. The van der Waals surface area contributed by atoms with Gasteiger partial charge in [-0.2, -0.15) is 18.3 Å². The van der Waals surface area contributed by atoms with Crippen LogP contribution in [-0.4, -0.2) is 14.6 Å². The average Bonchev–Trinajstić information content (AvgIpc) is 2.81. The summed E-state index contributed by atoms with van der Waals surface area (Å²) in [6.45, 7) is 1.93. The Morgan fingerprint density at radius 1 is 1.14 bits per heavy atom. The van der Waals surface area contributed by atoms with Gasteiger partial charge in [-0.1, -0.05) is 29.8 Å². The molecule has 0 spiro atoms. The van der Waals surface area contributed by atoms with Gasteiger partial charge < -0.3 is 5.73 Å². The van der Waals surface area contributed by atoms with E-state index in [0.717, 1.165) is 21.7 Å². The van der Waals surface area contributed by atoms with E-state index in [4.69, 9.17) is 5.73 Å².